The first-order valence-corrected chi connectivity index (χ1v) is 9.15. The van der Waals surface area contributed by atoms with E-state index in [4.69, 9.17) is 9.15 Å². The number of benzene rings is 1. The molecule has 0 saturated heterocycles. The van der Waals surface area contributed by atoms with E-state index in [2.05, 4.69) is 6.92 Å². The molecule has 0 aliphatic heterocycles. The Kier molecular flexibility index (Phi) is 4.40. The van der Waals surface area contributed by atoms with Gasteiger partial charge < -0.3 is 9.15 Å². The Labute approximate surface area is 141 Å². The first-order chi connectivity index (χ1) is 11.3. The smallest absolute Gasteiger partial charge is 0.243 e. The maximum Gasteiger partial charge on any atom is 0.243 e. The van der Waals surface area contributed by atoms with E-state index < -0.39 is 15.8 Å². The van der Waals surface area contributed by atoms with Gasteiger partial charge in [-0.1, -0.05) is 6.92 Å². The van der Waals surface area contributed by atoms with Crippen molar-refractivity contribution in [2.24, 2.45) is 5.92 Å². The van der Waals surface area contributed by atoms with E-state index in [-0.39, 0.29) is 17.2 Å². The number of hydrogen-bond acceptors (Lipinski definition) is 4. The number of hydrogen-bond donors (Lipinski definition) is 0. The molecule has 1 heterocycles. The van der Waals surface area contributed by atoms with Gasteiger partial charge in [0.05, 0.1) is 18.6 Å². The quantitative estimate of drug-likeness (QED) is 0.799. The summed E-state index contributed by atoms with van der Waals surface area (Å²) in [5.41, 5.74) is 0. The lowest BCUT2D eigenvalue weighted by Crippen LogP contribution is -2.26. The topological polar surface area (TPSA) is 59.8 Å². The lowest BCUT2D eigenvalue weighted by atomic mass is 10.3. The summed E-state index contributed by atoms with van der Waals surface area (Å²) in [5.74, 6) is 1.83. The van der Waals surface area contributed by atoms with Crippen molar-refractivity contribution in [2.45, 2.75) is 30.7 Å². The van der Waals surface area contributed by atoms with E-state index in [1.165, 1.54) is 26.3 Å². The van der Waals surface area contributed by atoms with Crippen LogP contribution in [0.1, 0.15) is 30.8 Å². The molecule has 0 bridgehead atoms. The van der Waals surface area contributed by atoms with Crippen LogP contribution in [0.15, 0.2) is 39.6 Å². The maximum atomic E-state index is 13.8. The molecule has 5 nitrogen and oxygen atoms in total. The average molecular weight is 353 g/mol. The summed E-state index contributed by atoms with van der Waals surface area (Å²) in [4.78, 5) is -0.120. The van der Waals surface area contributed by atoms with Crippen LogP contribution in [0.3, 0.4) is 0 Å². The van der Waals surface area contributed by atoms with Crippen molar-refractivity contribution >= 4 is 10.0 Å². The zero-order valence-corrected chi connectivity index (χ0v) is 14.6. The first kappa shape index (κ1) is 17.0. The molecule has 130 valence electrons. The highest BCUT2D eigenvalue weighted by Crippen LogP contribution is 2.47. The van der Waals surface area contributed by atoms with Crippen molar-refractivity contribution in [2.75, 3.05) is 14.2 Å². The van der Waals surface area contributed by atoms with E-state index in [1.54, 1.807) is 6.07 Å². The minimum atomic E-state index is -3.81. The molecule has 2 unspecified atom stereocenters. The molecule has 24 heavy (non-hydrogen) atoms. The van der Waals surface area contributed by atoms with Gasteiger partial charge >= 0.3 is 0 Å². The standard InChI is InChI=1S/C17H20FNO4S/c1-11-8-14(11)16-6-4-12(23-16)10-19(2)24(20,21)13-5-7-17(22-3)15(18)9-13/h4-7,9,11,14H,8,10H2,1-3H3. The Balaban J connectivity index is 1.76. The van der Waals surface area contributed by atoms with Crippen LogP contribution in [0.4, 0.5) is 4.39 Å². The van der Waals surface area contributed by atoms with Crippen LogP contribution < -0.4 is 4.74 Å². The molecule has 0 radical (unpaired) electrons. The monoisotopic (exact) mass is 353 g/mol. The second kappa shape index (κ2) is 6.22. The third kappa shape index (κ3) is 3.18. The largest absolute Gasteiger partial charge is 0.494 e. The zero-order chi connectivity index (χ0) is 17.5. The number of methoxy groups -OCH3 is 1. The molecule has 1 aliphatic carbocycles. The Morgan fingerprint density at radius 3 is 2.62 bits per heavy atom. The van der Waals surface area contributed by atoms with Gasteiger partial charge in [-0.05, 0) is 42.7 Å². The van der Waals surface area contributed by atoms with Gasteiger partial charge in [-0.25, -0.2) is 12.8 Å². The minimum absolute atomic E-state index is 0.00540. The van der Waals surface area contributed by atoms with E-state index >= 15 is 0 Å². The SMILES string of the molecule is COc1ccc(S(=O)(=O)N(C)Cc2ccc(C3CC3C)o2)cc1F. The number of halogens is 1. The third-order valence-corrected chi connectivity index (χ3v) is 6.17. The summed E-state index contributed by atoms with van der Waals surface area (Å²) in [6.45, 7) is 2.25. The van der Waals surface area contributed by atoms with Gasteiger partial charge in [0.1, 0.15) is 11.5 Å². The van der Waals surface area contributed by atoms with Crippen LogP contribution in [0, 0.1) is 11.7 Å². The maximum absolute atomic E-state index is 13.8. The summed E-state index contributed by atoms with van der Waals surface area (Å²) < 4.78 is 50.6. The van der Waals surface area contributed by atoms with Crippen molar-refractivity contribution in [3.05, 3.63) is 47.7 Å². The van der Waals surface area contributed by atoms with Crippen molar-refractivity contribution in [1.29, 1.82) is 0 Å². The number of furan rings is 1. The molecule has 0 amide bonds. The number of ether oxygens (including phenoxy) is 1. The molecule has 3 rings (SSSR count). The van der Waals surface area contributed by atoms with Gasteiger partial charge in [0, 0.05) is 13.0 Å². The fraction of sp³-hybridized carbons (Fsp3) is 0.412. The molecule has 1 saturated carbocycles. The summed E-state index contributed by atoms with van der Waals surface area (Å²) >= 11 is 0. The van der Waals surface area contributed by atoms with Crippen molar-refractivity contribution in [3.8, 4) is 5.75 Å². The summed E-state index contributed by atoms with van der Waals surface area (Å²) in [6, 6.07) is 7.28. The highest BCUT2D eigenvalue weighted by atomic mass is 32.2. The second-order valence-corrected chi connectivity index (χ2v) is 8.23. The Morgan fingerprint density at radius 1 is 1.33 bits per heavy atom. The zero-order valence-electron chi connectivity index (χ0n) is 13.8. The predicted molar refractivity (Wildman–Crippen MR) is 86.8 cm³/mol. The molecule has 2 atom stereocenters. The molecule has 0 spiro atoms. The first-order valence-electron chi connectivity index (χ1n) is 7.71. The highest BCUT2D eigenvalue weighted by Gasteiger charge is 2.36. The number of nitrogens with zero attached hydrogens (tertiary/aromatic N) is 1. The molecular weight excluding hydrogens is 333 g/mol. The van der Waals surface area contributed by atoms with Gasteiger partial charge in [0.15, 0.2) is 11.6 Å². The second-order valence-electron chi connectivity index (χ2n) is 6.18. The number of rotatable bonds is 6. The Bertz CT molecular complexity index is 846. The van der Waals surface area contributed by atoms with Crippen molar-refractivity contribution in [1.82, 2.24) is 4.31 Å². The van der Waals surface area contributed by atoms with Crippen molar-refractivity contribution < 1.29 is 22.0 Å². The van der Waals surface area contributed by atoms with Crippen molar-refractivity contribution in [3.63, 3.8) is 0 Å². The molecule has 1 fully saturated rings. The Morgan fingerprint density at radius 2 is 2.04 bits per heavy atom. The lowest BCUT2D eigenvalue weighted by molar-refractivity contribution is 0.383. The van der Waals surface area contributed by atoms with E-state index in [0.29, 0.717) is 17.6 Å². The fourth-order valence-corrected chi connectivity index (χ4v) is 3.84. The molecule has 2 aromatic rings. The van der Waals surface area contributed by atoms with Crippen LogP contribution in [-0.4, -0.2) is 26.9 Å². The molecule has 0 N–H and O–H groups in total. The van der Waals surface area contributed by atoms with Crippen LogP contribution in [-0.2, 0) is 16.6 Å². The van der Waals surface area contributed by atoms with Crippen LogP contribution in [0.2, 0.25) is 0 Å². The summed E-state index contributed by atoms with van der Waals surface area (Å²) in [7, 11) is -1.04. The normalized spacial score (nSPS) is 20.4. The Hall–Kier alpha value is -1.86. The van der Waals surface area contributed by atoms with Crippen LogP contribution >= 0.6 is 0 Å². The van der Waals surface area contributed by atoms with E-state index in [1.807, 2.05) is 6.07 Å². The number of sulfonamides is 1. The molecule has 1 aliphatic rings. The lowest BCUT2D eigenvalue weighted by Gasteiger charge is -2.16. The summed E-state index contributed by atoms with van der Waals surface area (Å²) in [6.07, 6.45) is 1.10. The van der Waals surface area contributed by atoms with Crippen LogP contribution in [0.25, 0.3) is 0 Å². The predicted octanol–water partition coefficient (Wildman–Crippen LogP) is 3.37. The molecule has 7 heteroatoms. The molecular formula is C17H20FNO4S. The van der Waals surface area contributed by atoms with Gasteiger partial charge in [0.25, 0.3) is 0 Å². The van der Waals surface area contributed by atoms with Crippen LogP contribution in [0.5, 0.6) is 5.75 Å². The van der Waals surface area contributed by atoms with Gasteiger partial charge in [-0.2, -0.15) is 4.31 Å². The average Bonchev–Trinajstić information content (AvgIpc) is 3.09. The van der Waals surface area contributed by atoms with Gasteiger partial charge in [-0.15, -0.1) is 0 Å². The van der Waals surface area contributed by atoms with Gasteiger partial charge in [0.2, 0.25) is 10.0 Å². The summed E-state index contributed by atoms with van der Waals surface area (Å²) in [5, 5.41) is 0. The van der Waals surface area contributed by atoms with Gasteiger partial charge in [-0.3, -0.25) is 0 Å². The highest BCUT2D eigenvalue weighted by molar-refractivity contribution is 7.89. The minimum Gasteiger partial charge on any atom is -0.494 e. The van der Waals surface area contributed by atoms with E-state index in [9.17, 15) is 12.8 Å². The molecule has 1 aromatic heterocycles. The molecule has 1 aromatic carbocycles. The third-order valence-electron chi connectivity index (χ3n) is 4.37. The fourth-order valence-electron chi connectivity index (χ4n) is 2.69. The van der Waals surface area contributed by atoms with E-state index in [0.717, 1.165) is 22.6 Å².